The van der Waals surface area contributed by atoms with Crippen LogP contribution in [0.25, 0.3) is 0 Å². The Balaban J connectivity index is 1.71. The maximum absolute atomic E-state index is 12.8. The van der Waals surface area contributed by atoms with Crippen LogP contribution in [0.1, 0.15) is 21.6 Å². The van der Waals surface area contributed by atoms with Crippen molar-refractivity contribution in [3.8, 4) is 0 Å². The third-order valence-electron chi connectivity index (χ3n) is 4.35. The zero-order valence-corrected chi connectivity index (χ0v) is 17.7. The number of hydrogen-bond donors (Lipinski definition) is 1. The standard InChI is InChI=1S/C16H19N3O6S3/c1-8-3-18-11(28-8)14(22)27-6-16(15(23)25-7-24-9(2)20)4-19-12(21)10(17)13(19)26-5-16/h3,10,13H,4-7,17H2,1-2H3/t10?,13-,16?/m1/s1. The molecule has 12 heteroatoms. The first kappa shape index (κ1) is 21.1. The summed E-state index contributed by atoms with van der Waals surface area (Å²) < 4.78 is 9.78. The van der Waals surface area contributed by atoms with Crippen LogP contribution in [0.4, 0.5) is 0 Å². The minimum atomic E-state index is -1.11. The summed E-state index contributed by atoms with van der Waals surface area (Å²) in [5, 5.41) is -0.0671. The average molecular weight is 446 g/mol. The van der Waals surface area contributed by atoms with Gasteiger partial charge in [0.25, 0.3) is 0 Å². The number of thiazole rings is 1. The summed E-state index contributed by atoms with van der Waals surface area (Å²) >= 11 is 3.63. The molecule has 0 bridgehead atoms. The summed E-state index contributed by atoms with van der Waals surface area (Å²) in [5.41, 5.74) is 4.70. The summed E-state index contributed by atoms with van der Waals surface area (Å²) in [7, 11) is 0. The van der Waals surface area contributed by atoms with Gasteiger partial charge in [-0.1, -0.05) is 11.8 Å². The highest BCUT2D eigenvalue weighted by Crippen LogP contribution is 2.44. The molecule has 0 spiro atoms. The Morgan fingerprint density at radius 3 is 2.82 bits per heavy atom. The lowest BCUT2D eigenvalue weighted by Gasteiger charge is -2.53. The molecule has 0 saturated carbocycles. The van der Waals surface area contributed by atoms with E-state index in [0.717, 1.165) is 16.6 Å². The number of carbonyl (C=O) groups excluding carboxylic acids is 4. The third-order valence-corrected chi connectivity index (χ3v) is 8.15. The second-order valence-corrected chi connectivity index (χ2v) is 9.80. The molecular weight excluding hydrogens is 426 g/mol. The highest BCUT2D eigenvalue weighted by Gasteiger charge is 2.56. The maximum atomic E-state index is 12.8. The van der Waals surface area contributed by atoms with Crippen molar-refractivity contribution in [1.82, 2.24) is 9.88 Å². The molecule has 152 valence electrons. The van der Waals surface area contributed by atoms with Crippen molar-refractivity contribution in [3.05, 3.63) is 16.1 Å². The van der Waals surface area contributed by atoms with Gasteiger partial charge in [-0.15, -0.1) is 23.1 Å². The fourth-order valence-electron chi connectivity index (χ4n) is 2.83. The first-order valence-electron chi connectivity index (χ1n) is 8.31. The molecule has 9 nitrogen and oxygen atoms in total. The van der Waals surface area contributed by atoms with Crippen LogP contribution in [0.2, 0.25) is 0 Å². The van der Waals surface area contributed by atoms with Crippen LogP contribution in [-0.2, 0) is 23.9 Å². The summed E-state index contributed by atoms with van der Waals surface area (Å²) in [5.74, 6) is -0.981. The third kappa shape index (κ3) is 4.19. The van der Waals surface area contributed by atoms with Gasteiger partial charge in [0.05, 0.1) is 0 Å². The second-order valence-electron chi connectivity index (χ2n) is 6.51. The van der Waals surface area contributed by atoms with Gasteiger partial charge in [0.2, 0.25) is 17.8 Å². The molecule has 3 rings (SSSR count). The van der Waals surface area contributed by atoms with Crippen LogP contribution in [0.5, 0.6) is 0 Å². The fraction of sp³-hybridized carbons (Fsp3) is 0.562. The number of esters is 2. The molecule has 2 N–H and O–H groups in total. The molecule has 1 aromatic heterocycles. The van der Waals surface area contributed by atoms with E-state index in [1.165, 1.54) is 34.9 Å². The Kier molecular flexibility index (Phi) is 6.32. The number of nitrogens with two attached hydrogens (primary N) is 1. The lowest BCUT2D eigenvalue weighted by atomic mass is 9.89. The smallest absolute Gasteiger partial charge is 0.318 e. The average Bonchev–Trinajstić information content (AvgIpc) is 3.11. The molecule has 2 aliphatic heterocycles. The molecule has 3 heterocycles. The first-order chi connectivity index (χ1) is 13.2. The van der Waals surface area contributed by atoms with Crippen LogP contribution < -0.4 is 5.73 Å². The number of fused-ring (bicyclic) bond motifs is 1. The van der Waals surface area contributed by atoms with Gasteiger partial charge in [-0.05, 0) is 6.92 Å². The van der Waals surface area contributed by atoms with Crippen LogP contribution in [0, 0.1) is 12.3 Å². The lowest BCUT2D eigenvalue weighted by molar-refractivity contribution is -0.174. The van der Waals surface area contributed by atoms with Crippen molar-refractivity contribution >= 4 is 57.8 Å². The Hall–Kier alpha value is -1.63. The molecule has 0 radical (unpaired) electrons. The minimum absolute atomic E-state index is 0.104. The van der Waals surface area contributed by atoms with Crippen molar-refractivity contribution in [2.24, 2.45) is 11.1 Å². The Morgan fingerprint density at radius 2 is 2.18 bits per heavy atom. The van der Waals surface area contributed by atoms with Crippen LogP contribution in [0.15, 0.2) is 6.20 Å². The lowest BCUT2D eigenvalue weighted by Crippen LogP contribution is -2.72. The molecule has 0 aliphatic carbocycles. The van der Waals surface area contributed by atoms with E-state index in [1.54, 1.807) is 6.20 Å². The number of nitrogens with zero attached hydrogens (tertiary/aromatic N) is 2. The van der Waals surface area contributed by atoms with Crippen LogP contribution in [0.3, 0.4) is 0 Å². The van der Waals surface area contributed by atoms with Crippen LogP contribution >= 0.6 is 34.9 Å². The van der Waals surface area contributed by atoms with E-state index < -0.39 is 30.2 Å². The molecule has 1 amide bonds. The quantitative estimate of drug-likeness (QED) is 0.378. The predicted molar refractivity (Wildman–Crippen MR) is 105 cm³/mol. The van der Waals surface area contributed by atoms with Crippen molar-refractivity contribution in [2.45, 2.75) is 25.3 Å². The number of β-lactam (4-membered cyclic amide) rings is 1. The number of hydrogen-bond acceptors (Lipinski definition) is 11. The summed E-state index contributed by atoms with van der Waals surface area (Å²) in [6, 6.07) is -0.576. The largest absolute Gasteiger partial charge is 0.428 e. The number of carbonyl (C=O) groups is 4. The fourth-order valence-corrected chi connectivity index (χ4v) is 6.24. The van der Waals surface area contributed by atoms with Gasteiger partial charge in [-0.25, -0.2) is 4.98 Å². The molecule has 3 atom stereocenters. The van der Waals surface area contributed by atoms with Crippen LogP contribution in [-0.4, -0.2) is 69.1 Å². The SMILES string of the molecule is CC(=O)OCOC(=O)C1(CSC(=O)c2ncc(C)s2)CS[C@@H]2C(N)C(=O)N2C1. The number of aromatic nitrogens is 1. The van der Waals surface area contributed by atoms with Gasteiger partial charge in [0.1, 0.15) is 16.8 Å². The van der Waals surface area contributed by atoms with Gasteiger partial charge in [0.15, 0.2) is 5.01 Å². The van der Waals surface area contributed by atoms with Crippen molar-refractivity contribution in [2.75, 3.05) is 24.8 Å². The molecule has 2 unspecified atom stereocenters. The zero-order chi connectivity index (χ0) is 20.5. The predicted octanol–water partition coefficient (Wildman–Crippen LogP) is 0.618. The molecule has 2 fully saturated rings. The van der Waals surface area contributed by atoms with E-state index in [9.17, 15) is 19.2 Å². The van der Waals surface area contributed by atoms with Gasteiger partial charge in [-0.3, -0.25) is 19.2 Å². The van der Waals surface area contributed by atoms with E-state index in [1.807, 2.05) is 6.92 Å². The first-order valence-corrected chi connectivity index (χ1v) is 11.2. The highest BCUT2D eigenvalue weighted by molar-refractivity contribution is 8.14. The van der Waals surface area contributed by atoms with E-state index in [2.05, 4.69) is 9.72 Å². The number of ether oxygens (including phenoxy) is 2. The monoisotopic (exact) mass is 445 g/mol. The molecule has 1 aromatic rings. The number of rotatable bonds is 6. The zero-order valence-electron chi connectivity index (χ0n) is 15.2. The maximum Gasteiger partial charge on any atom is 0.318 e. The second kappa shape index (κ2) is 8.39. The normalized spacial score (nSPS) is 26.2. The van der Waals surface area contributed by atoms with E-state index >= 15 is 0 Å². The Morgan fingerprint density at radius 1 is 1.43 bits per heavy atom. The summed E-state index contributed by atoms with van der Waals surface area (Å²) in [6.45, 7) is 2.65. The van der Waals surface area contributed by atoms with Gasteiger partial charge < -0.3 is 20.1 Å². The molecule has 28 heavy (non-hydrogen) atoms. The molecule has 2 aliphatic rings. The van der Waals surface area contributed by atoms with E-state index in [4.69, 9.17) is 10.5 Å². The Labute approximate surface area is 173 Å². The van der Waals surface area contributed by atoms with E-state index in [-0.39, 0.29) is 28.7 Å². The van der Waals surface area contributed by atoms with Gasteiger partial charge >= 0.3 is 11.9 Å². The van der Waals surface area contributed by atoms with Crippen molar-refractivity contribution in [3.63, 3.8) is 0 Å². The summed E-state index contributed by atoms with van der Waals surface area (Å²) in [6.07, 6.45) is 1.61. The Bertz CT molecular complexity index is 815. The number of aryl methyl sites for hydroxylation is 1. The highest BCUT2D eigenvalue weighted by atomic mass is 32.2. The molecule has 0 aromatic carbocycles. The van der Waals surface area contributed by atoms with Gasteiger partial charge in [0, 0.05) is 36.0 Å². The number of amides is 1. The number of thioether (sulfide) groups is 2. The van der Waals surface area contributed by atoms with Crippen molar-refractivity contribution < 1.29 is 28.7 Å². The minimum Gasteiger partial charge on any atom is -0.428 e. The topological polar surface area (TPSA) is 129 Å². The van der Waals surface area contributed by atoms with E-state index in [0.29, 0.717) is 10.8 Å². The molecular formula is C16H19N3O6S3. The summed E-state index contributed by atoms with van der Waals surface area (Å²) in [4.78, 5) is 54.7. The van der Waals surface area contributed by atoms with Gasteiger partial charge in [-0.2, -0.15) is 0 Å². The van der Waals surface area contributed by atoms with Crippen molar-refractivity contribution in [1.29, 1.82) is 0 Å². The molecule has 2 saturated heterocycles.